The smallest absolute Gasteiger partial charge is 0.0603 e. The van der Waals surface area contributed by atoms with Gasteiger partial charge in [-0.1, -0.05) is 55.5 Å². The van der Waals surface area contributed by atoms with Crippen LogP contribution in [0.1, 0.15) is 37.3 Å². The van der Waals surface area contributed by atoms with Crippen molar-refractivity contribution in [3.05, 3.63) is 65.7 Å². The van der Waals surface area contributed by atoms with Crippen molar-refractivity contribution in [2.24, 2.45) is 0 Å². The molecule has 0 amide bonds. The van der Waals surface area contributed by atoms with Crippen molar-refractivity contribution in [3.8, 4) is 0 Å². The third kappa shape index (κ3) is 1.80. The van der Waals surface area contributed by atoms with Crippen molar-refractivity contribution in [1.29, 1.82) is 0 Å². The molecule has 0 aromatic heterocycles. The predicted molar refractivity (Wildman–Crippen MR) is 76.9 cm³/mol. The molecule has 0 fully saturated rings. The van der Waals surface area contributed by atoms with Gasteiger partial charge in [-0.3, -0.25) is 0 Å². The van der Waals surface area contributed by atoms with Gasteiger partial charge in [0.15, 0.2) is 0 Å². The molecule has 2 aromatic carbocycles. The monoisotopic (exact) mass is 237 g/mol. The molecule has 2 unspecified atom stereocenters. The molecule has 2 aromatic rings. The minimum absolute atomic E-state index is 0.0367. The molecule has 1 heterocycles. The number of anilines is 1. The molecule has 0 bridgehead atoms. The van der Waals surface area contributed by atoms with E-state index in [1.54, 1.807) is 0 Å². The van der Waals surface area contributed by atoms with E-state index in [1.807, 2.05) is 0 Å². The SMILES string of the molecule is CC1CC(C)(c2ccccc2)Nc2ccccc21. The van der Waals surface area contributed by atoms with Crippen LogP contribution in [0.4, 0.5) is 5.69 Å². The Labute approximate surface area is 109 Å². The molecular weight excluding hydrogens is 218 g/mol. The summed E-state index contributed by atoms with van der Waals surface area (Å²) in [5, 5.41) is 3.72. The van der Waals surface area contributed by atoms with Gasteiger partial charge in [0.2, 0.25) is 0 Å². The van der Waals surface area contributed by atoms with Crippen molar-refractivity contribution < 1.29 is 0 Å². The first-order valence-corrected chi connectivity index (χ1v) is 6.62. The molecule has 0 saturated heterocycles. The zero-order valence-electron chi connectivity index (χ0n) is 11.0. The van der Waals surface area contributed by atoms with Gasteiger partial charge in [-0.05, 0) is 36.5 Å². The average Bonchev–Trinajstić information content (AvgIpc) is 2.40. The van der Waals surface area contributed by atoms with Gasteiger partial charge in [-0.15, -0.1) is 0 Å². The van der Waals surface area contributed by atoms with Crippen molar-refractivity contribution in [2.75, 3.05) is 5.32 Å². The summed E-state index contributed by atoms with van der Waals surface area (Å²) in [4.78, 5) is 0. The summed E-state index contributed by atoms with van der Waals surface area (Å²) in [6.45, 7) is 4.62. The lowest BCUT2D eigenvalue weighted by Gasteiger charge is -2.40. The van der Waals surface area contributed by atoms with Crippen LogP contribution in [-0.4, -0.2) is 0 Å². The maximum atomic E-state index is 3.72. The largest absolute Gasteiger partial charge is 0.376 e. The Balaban J connectivity index is 2.03. The van der Waals surface area contributed by atoms with E-state index in [2.05, 4.69) is 73.8 Å². The average molecular weight is 237 g/mol. The summed E-state index contributed by atoms with van der Waals surface area (Å²) >= 11 is 0. The van der Waals surface area contributed by atoms with Crippen molar-refractivity contribution in [1.82, 2.24) is 0 Å². The summed E-state index contributed by atoms with van der Waals surface area (Å²) in [7, 11) is 0. The molecule has 1 heteroatoms. The van der Waals surface area contributed by atoms with Gasteiger partial charge in [0.1, 0.15) is 0 Å². The lowest BCUT2D eigenvalue weighted by molar-refractivity contribution is 0.434. The van der Waals surface area contributed by atoms with Crippen molar-refractivity contribution >= 4 is 5.69 Å². The number of fused-ring (bicyclic) bond motifs is 1. The van der Waals surface area contributed by atoms with Gasteiger partial charge in [0, 0.05) is 5.69 Å². The van der Waals surface area contributed by atoms with E-state index in [4.69, 9.17) is 0 Å². The molecular formula is C17H19N. The first-order chi connectivity index (χ1) is 8.69. The van der Waals surface area contributed by atoms with Crippen molar-refractivity contribution in [2.45, 2.75) is 31.7 Å². The standard InChI is InChI=1S/C17H19N/c1-13-12-17(2,14-8-4-3-5-9-14)18-16-11-7-6-10-15(13)16/h3-11,13,18H,12H2,1-2H3. The second-order valence-electron chi connectivity index (χ2n) is 5.52. The number of nitrogens with one attached hydrogen (secondary N) is 1. The molecule has 0 aliphatic carbocycles. The molecule has 0 saturated carbocycles. The summed E-state index contributed by atoms with van der Waals surface area (Å²) < 4.78 is 0. The van der Waals surface area contributed by atoms with E-state index >= 15 is 0 Å². The van der Waals surface area contributed by atoms with Crippen LogP contribution in [0.2, 0.25) is 0 Å². The van der Waals surface area contributed by atoms with Crippen molar-refractivity contribution in [3.63, 3.8) is 0 Å². The first-order valence-electron chi connectivity index (χ1n) is 6.62. The highest BCUT2D eigenvalue weighted by molar-refractivity contribution is 5.58. The number of hydrogen-bond acceptors (Lipinski definition) is 1. The Kier molecular flexibility index (Phi) is 2.62. The van der Waals surface area contributed by atoms with Crippen LogP contribution in [-0.2, 0) is 5.54 Å². The maximum Gasteiger partial charge on any atom is 0.0603 e. The normalized spacial score (nSPS) is 26.2. The van der Waals surface area contributed by atoms with Gasteiger partial charge in [-0.2, -0.15) is 0 Å². The van der Waals surface area contributed by atoms with E-state index < -0.39 is 0 Å². The molecule has 1 nitrogen and oxygen atoms in total. The fourth-order valence-corrected chi connectivity index (χ4v) is 3.11. The Hall–Kier alpha value is -1.76. The highest BCUT2D eigenvalue weighted by Crippen LogP contribution is 2.43. The van der Waals surface area contributed by atoms with Crippen LogP contribution in [0.25, 0.3) is 0 Å². The summed E-state index contributed by atoms with van der Waals surface area (Å²) in [5.41, 5.74) is 4.12. The van der Waals surface area contributed by atoms with Crippen LogP contribution in [0.15, 0.2) is 54.6 Å². The van der Waals surface area contributed by atoms with Crippen LogP contribution in [0.3, 0.4) is 0 Å². The van der Waals surface area contributed by atoms with Gasteiger partial charge >= 0.3 is 0 Å². The second kappa shape index (κ2) is 4.16. The van der Waals surface area contributed by atoms with E-state index in [0.717, 1.165) is 6.42 Å². The third-order valence-corrected chi connectivity index (χ3v) is 4.03. The number of hydrogen-bond donors (Lipinski definition) is 1. The fraction of sp³-hybridized carbons (Fsp3) is 0.294. The summed E-state index contributed by atoms with van der Waals surface area (Å²) in [5.74, 6) is 0.590. The van der Waals surface area contributed by atoms with Crippen LogP contribution >= 0.6 is 0 Å². The molecule has 1 aliphatic heterocycles. The fourth-order valence-electron chi connectivity index (χ4n) is 3.11. The first kappa shape index (κ1) is 11.3. The minimum atomic E-state index is 0.0367. The molecule has 1 aliphatic rings. The molecule has 18 heavy (non-hydrogen) atoms. The second-order valence-corrected chi connectivity index (χ2v) is 5.52. The summed E-state index contributed by atoms with van der Waals surface area (Å²) in [6, 6.07) is 19.4. The number of benzene rings is 2. The number of para-hydroxylation sites is 1. The van der Waals surface area contributed by atoms with Gasteiger partial charge in [0.25, 0.3) is 0 Å². The lowest BCUT2D eigenvalue weighted by Crippen LogP contribution is -2.37. The Morgan fingerprint density at radius 1 is 1.00 bits per heavy atom. The van der Waals surface area contributed by atoms with Crippen LogP contribution < -0.4 is 5.32 Å². The van der Waals surface area contributed by atoms with E-state index in [1.165, 1.54) is 16.8 Å². The minimum Gasteiger partial charge on any atom is -0.376 e. The van der Waals surface area contributed by atoms with E-state index in [9.17, 15) is 0 Å². The molecule has 2 atom stereocenters. The molecule has 3 rings (SSSR count). The summed E-state index contributed by atoms with van der Waals surface area (Å²) in [6.07, 6.45) is 1.13. The zero-order valence-corrected chi connectivity index (χ0v) is 11.0. The molecule has 92 valence electrons. The highest BCUT2D eigenvalue weighted by atomic mass is 15.0. The molecule has 0 spiro atoms. The Bertz CT molecular complexity index is 547. The van der Waals surface area contributed by atoms with Gasteiger partial charge < -0.3 is 5.32 Å². The maximum absolute atomic E-state index is 3.72. The van der Waals surface area contributed by atoms with Crippen LogP contribution in [0.5, 0.6) is 0 Å². The van der Waals surface area contributed by atoms with E-state index in [0.29, 0.717) is 5.92 Å². The molecule has 1 N–H and O–H groups in total. The quantitative estimate of drug-likeness (QED) is 0.769. The number of rotatable bonds is 1. The van der Waals surface area contributed by atoms with E-state index in [-0.39, 0.29) is 5.54 Å². The Morgan fingerprint density at radius 2 is 1.67 bits per heavy atom. The zero-order chi connectivity index (χ0) is 12.6. The predicted octanol–water partition coefficient (Wildman–Crippen LogP) is 4.52. The Morgan fingerprint density at radius 3 is 2.44 bits per heavy atom. The molecule has 0 radical (unpaired) electrons. The highest BCUT2D eigenvalue weighted by Gasteiger charge is 2.34. The lowest BCUT2D eigenvalue weighted by atomic mass is 9.77. The van der Waals surface area contributed by atoms with Crippen LogP contribution in [0, 0.1) is 0 Å². The van der Waals surface area contributed by atoms with Gasteiger partial charge in [-0.25, -0.2) is 0 Å². The van der Waals surface area contributed by atoms with Gasteiger partial charge in [0.05, 0.1) is 5.54 Å². The third-order valence-electron chi connectivity index (χ3n) is 4.03. The topological polar surface area (TPSA) is 12.0 Å².